The van der Waals surface area contributed by atoms with E-state index < -0.39 is 0 Å². The fraction of sp³-hybridized carbons (Fsp3) is 0.500. The summed E-state index contributed by atoms with van der Waals surface area (Å²) in [6.45, 7) is 3.45. The molecule has 0 aliphatic heterocycles. The number of ketones is 1. The first-order chi connectivity index (χ1) is 6.15. The molecule has 0 atom stereocenters. The standard InChI is InChI=1S/C10H14O3/c1-7(12)10-6-9(4-3-5-11)13-8(10)2/h6,11H,3-5H2,1-2H3. The molecule has 0 aliphatic rings. The van der Waals surface area contributed by atoms with E-state index in [2.05, 4.69) is 0 Å². The number of carbonyl (C=O) groups is 1. The van der Waals surface area contributed by atoms with Crippen LogP contribution in [0.5, 0.6) is 0 Å². The van der Waals surface area contributed by atoms with E-state index in [1.54, 1.807) is 13.0 Å². The van der Waals surface area contributed by atoms with Crippen LogP contribution >= 0.6 is 0 Å². The largest absolute Gasteiger partial charge is 0.466 e. The zero-order valence-corrected chi connectivity index (χ0v) is 7.96. The van der Waals surface area contributed by atoms with Crippen LogP contribution < -0.4 is 0 Å². The minimum Gasteiger partial charge on any atom is -0.466 e. The molecule has 0 fully saturated rings. The van der Waals surface area contributed by atoms with Crippen LogP contribution in [0.1, 0.15) is 35.2 Å². The van der Waals surface area contributed by atoms with Crippen molar-refractivity contribution in [1.82, 2.24) is 0 Å². The highest BCUT2D eigenvalue weighted by molar-refractivity contribution is 5.95. The van der Waals surface area contributed by atoms with Crippen molar-refractivity contribution >= 4 is 5.78 Å². The van der Waals surface area contributed by atoms with Gasteiger partial charge in [-0.1, -0.05) is 0 Å². The lowest BCUT2D eigenvalue weighted by atomic mass is 10.1. The highest BCUT2D eigenvalue weighted by Gasteiger charge is 2.10. The number of rotatable bonds is 4. The SMILES string of the molecule is CC(=O)c1cc(CCCO)oc1C. The molecule has 72 valence electrons. The van der Waals surface area contributed by atoms with Gasteiger partial charge >= 0.3 is 0 Å². The monoisotopic (exact) mass is 182 g/mol. The number of hydrogen-bond donors (Lipinski definition) is 1. The summed E-state index contributed by atoms with van der Waals surface area (Å²) in [6, 6.07) is 1.76. The number of furan rings is 1. The Labute approximate surface area is 77.4 Å². The van der Waals surface area contributed by atoms with Crippen molar-refractivity contribution in [2.45, 2.75) is 26.7 Å². The quantitative estimate of drug-likeness (QED) is 0.721. The molecule has 3 nitrogen and oxygen atoms in total. The van der Waals surface area contributed by atoms with E-state index in [1.165, 1.54) is 6.92 Å². The van der Waals surface area contributed by atoms with E-state index in [-0.39, 0.29) is 12.4 Å². The van der Waals surface area contributed by atoms with Crippen molar-refractivity contribution in [3.8, 4) is 0 Å². The van der Waals surface area contributed by atoms with Crippen LogP contribution in [0.2, 0.25) is 0 Å². The van der Waals surface area contributed by atoms with Crippen molar-refractivity contribution in [2.75, 3.05) is 6.61 Å². The van der Waals surface area contributed by atoms with Gasteiger partial charge in [-0.2, -0.15) is 0 Å². The first kappa shape index (κ1) is 9.99. The van der Waals surface area contributed by atoms with Crippen LogP contribution in [0.25, 0.3) is 0 Å². The fourth-order valence-electron chi connectivity index (χ4n) is 1.27. The van der Waals surface area contributed by atoms with Crippen molar-refractivity contribution in [3.63, 3.8) is 0 Å². The van der Waals surface area contributed by atoms with Crippen molar-refractivity contribution < 1.29 is 14.3 Å². The van der Waals surface area contributed by atoms with Gasteiger partial charge in [0.1, 0.15) is 11.5 Å². The number of aliphatic hydroxyl groups is 1. The number of aliphatic hydroxyl groups excluding tert-OH is 1. The Bertz CT molecular complexity index is 299. The molecule has 0 unspecified atom stereocenters. The van der Waals surface area contributed by atoms with Gasteiger partial charge in [0.25, 0.3) is 0 Å². The molecule has 0 radical (unpaired) electrons. The number of Topliss-reactive ketones (excluding diaryl/α,β-unsaturated/α-hetero) is 1. The molecule has 13 heavy (non-hydrogen) atoms. The van der Waals surface area contributed by atoms with Gasteiger partial charge in [0.15, 0.2) is 5.78 Å². The first-order valence-electron chi connectivity index (χ1n) is 4.36. The zero-order chi connectivity index (χ0) is 9.84. The molecule has 0 saturated carbocycles. The molecule has 0 bridgehead atoms. The van der Waals surface area contributed by atoms with E-state index in [4.69, 9.17) is 9.52 Å². The predicted octanol–water partition coefficient (Wildman–Crippen LogP) is 1.72. The molecule has 0 amide bonds. The molecule has 1 N–H and O–H groups in total. The molecule has 1 aromatic rings. The molecular formula is C10H14O3. The summed E-state index contributed by atoms with van der Waals surface area (Å²) in [5.74, 6) is 1.47. The second-order valence-electron chi connectivity index (χ2n) is 3.07. The lowest BCUT2D eigenvalue weighted by molar-refractivity contribution is 0.101. The summed E-state index contributed by atoms with van der Waals surface area (Å²) in [4.78, 5) is 11.0. The van der Waals surface area contributed by atoms with Crippen molar-refractivity contribution in [2.24, 2.45) is 0 Å². The number of aryl methyl sites for hydroxylation is 2. The van der Waals surface area contributed by atoms with Gasteiger partial charge < -0.3 is 9.52 Å². The molecule has 1 aromatic heterocycles. The summed E-state index contributed by atoms with van der Waals surface area (Å²) in [5.41, 5.74) is 0.646. The number of hydrogen-bond acceptors (Lipinski definition) is 3. The second-order valence-corrected chi connectivity index (χ2v) is 3.07. The third kappa shape index (κ3) is 2.42. The van der Waals surface area contributed by atoms with Gasteiger partial charge in [-0.15, -0.1) is 0 Å². The summed E-state index contributed by atoms with van der Waals surface area (Å²) in [6.07, 6.45) is 1.36. The van der Waals surface area contributed by atoms with Gasteiger partial charge in [-0.05, 0) is 26.3 Å². The Morgan fingerprint density at radius 1 is 1.62 bits per heavy atom. The van der Waals surface area contributed by atoms with Crippen LogP contribution in [0, 0.1) is 6.92 Å². The second kappa shape index (κ2) is 4.23. The lowest BCUT2D eigenvalue weighted by Crippen LogP contribution is -1.90. The van der Waals surface area contributed by atoms with Crippen LogP contribution in [0.15, 0.2) is 10.5 Å². The Kier molecular flexibility index (Phi) is 3.25. The maximum Gasteiger partial charge on any atom is 0.163 e. The van der Waals surface area contributed by atoms with Gasteiger partial charge in [-0.25, -0.2) is 0 Å². The fourth-order valence-corrected chi connectivity index (χ4v) is 1.27. The van der Waals surface area contributed by atoms with Crippen molar-refractivity contribution in [3.05, 3.63) is 23.2 Å². The minimum absolute atomic E-state index is 0.0245. The zero-order valence-electron chi connectivity index (χ0n) is 7.96. The molecule has 0 aliphatic carbocycles. The smallest absolute Gasteiger partial charge is 0.163 e. The Hall–Kier alpha value is -1.09. The topological polar surface area (TPSA) is 50.4 Å². The third-order valence-electron chi connectivity index (χ3n) is 1.93. The third-order valence-corrected chi connectivity index (χ3v) is 1.93. The van der Waals surface area contributed by atoms with Gasteiger partial charge in [0, 0.05) is 13.0 Å². The van der Waals surface area contributed by atoms with E-state index in [9.17, 15) is 4.79 Å². The molecule has 0 spiro atoms. The summed E-state index contributed by atoms with van der Waals surface area (Å²) in [7, 11) is 0. The van der Waals surface area contributed by atoms with Gasteiger partial charge in [0.2, 0.25) is 0 Å². The summed E-state index contributed by atoms with van der Waals surface area (Å²) in [5, 5.41) is 8.60. The van der Waals surface area contributed by atoms with E-state index in [0.29, 0.717) is 24.2 Å². The van der Waals surface area contributed by atoms with Crippen LogP contribution in [0.4, 0.5) is 0 Å². The van der Waals surface area contributed by atoms with E-state index in [1.807, 2.05) is 0 Å². The Morgan fingerprint density at radius 2 is 2.31 bits per heavy atom. The molecular weight excluding hydrogens is 168 g/mol. The Morgan fingerprint density at radius 3 is 2.77 bits per heavy atom. The summed E-state index contributed by atoms with van der Waals surface area (Å²) < 4.78 is 5.35. The number of carbonyl (C=O) groups excluding carboxylic acids is 1. The average Bonchev–Trinajstić information content (AvgIpc) is 2.43. The van der Waals surface area contributed by atoms with Gasteiger partial charge in [-0.3, -0.25) is 4.79 Å². The molecule has 1 heterocycles. The van der Waals surface area contributed by atoms with Gasteiger partial charge in [0.05, 0.1) is 5.56 Å². The van der Waals surface area contributed by atoms with Crippen LogP contribution in [-0.4, -0.2) is 17.5 Å². The minimum atomic E-state index is 0.0245. The summed E-state index contributed by atoms with van der Waals surface area (Å²) >= 11 is 0. The molecule has 1 rings (SSSR count). The molecule has 0 aromatic carbocycles. The maximum atomic E-state index is 11.0. The molecule has 3 heteroatoms. The normalized spacial score (nSPS) is 10.4. The molecule has 0 saturated heterocycles. The highest BCUT2D eigenvalue weighted by Crippen LogP contribution is 2.16. The van der Waals surface area contributed by atoms with E-state index in [0.717, 1.165) is 5.76 Å². The maximum absolute atomic E-state index is 11.0. The van der Waals surface area contributed by atoms with Crippen molar-refractivity contribution in [1.29, 1.82) is 0 Å². The van der Waals surface area contributed by atoms with Crippen LogP contribution in [0.3, 0.4) is 0 Å². The highest BCUT2D eigenvalue weighted by atomic mass is 16.3. The average molecular weight is 182 g/mol. The first-order valence-corrected chi connectivity index (χ1v) is 4.36. The predicted molar refractivity (Wildman–Crippen MR) is 48.9 cm³/mol. The lowest BCUT2D eigenvalue weighted by Gasteiger charge is -1.91. The van der Waals surface area contributed by atoms with Crippen LogP contribution in [-0.2, 0) is 6.42 Å². The van der Waals surface area contributed by atoms with E-state index >= 15 is 0 Å². The Balaban J connectivity index is 2.76.